The van der Waals surface area contributed by atoms with Gasteiger partial charge in [-0.05, 0) is 53.7 Å². The van der Waals surface area contributed by atoms with Gasteiger partial charge in [0.1, 0.15) is 18.2 Å². The number of halogens is 1. The standard InChI is InChI=1S/C31H28FN5O3S2/c1-3-27(38)36-17-22(18-36)37-16-20(15-34-37)30-28(24-9-6-21(32)14-26(24)40-12-11-39-2)31-25(10-13-41-31)29(35-30)19-4-7-23(42-33)8-5-19/h3-10,13-16,22H,1,11-12,17-18,33H2,2H3. The van der Waals surface area contributed by atoms with Crippen molar-refractivity contribution in [1.29, 1.82) is 0 Å². The first-order valence-corrected chi connectivity index (χ1v) is 15.0. The van der Waals surface area contributed by atoms with Crippen molar-refractivity contribution in [3.63, 3.8) is 0 Å². The van der Waals surface area contributed by atoms with Crippen LogP contribution in [0.2, 0.25) is 0 Å². The topological polar surface area (TPSA) is 95.5 Å². The number of ether oxygens (including phenoxy) is 2. The van der Waals surface area contributed by atoms with Gasteiger partial charge in [-0.1, -0.05) is 18.7 Å². The van der Waals surface area contributed by atoms with Gasteiger partial charge < -0.3 is 14.4 Å². The molecule has 42 heavy (non-hydrogen) atoms. The van der Waals surface area contributed by atoms with Crippen molar-refractivity contribution in [2.45, 2.75) is 10.9 Å². The average Bonchev–Trinajstić information content (AvgIpc) is 3.67. The summed E-state index contributed by atoms with van der Waals surface area (Å²) >= 11 is 2.78. The third-order valence-corrected chi connectivity index (χ3v) is 8.70. The number of rotatable bonds is 10. The minimum Gasteiger partial charge on any atom is -0.490 e. The van der Waals surface area contributed by atoms with Crippen LogP contribution < -0.4 is 9.88 Å². The minimum absolute atomic E-state index is 0.0519. The van der Waals surface area contributed by atoms with Gasteiger partial charge in [-0.2, -0.15) is 5.10 Å². The van der Waals surface area contributed by atoms with Crippen LogP contribution in [0.3, 0.4) is 0 Å². The van der Waals surface area contributed by atoms with Crippen LogP contribution in [0, 0.1) is 5.82 Å². The van der Waals surface area contributed by atoms with Gasteiger partial charge in [0.05, 0.1) is 30.2 Å². The Morgan fingerprint density at radius 1 is 1.17 bits per heavy atom. The van der Waals surface area contributed by atoms with Crippen LogP contribution in [0.4, 0.5) is 4.39 Å². The molecule has 5 aromatic rings. The van der Waals surface area contributed by atoms with Crippen molar-refractivity contribution in [2.24, 2.45) is 5.14 Å². The number of fused-ring (bicyclic) bond motifs is 1. The van der Waals surface area contributed by atoms with Gasteiger partial charge in [0.15, 0.2) is 0 Å². The Balaban J connectivity index is 1.52. The highest BCUT2D eigenvalue weighted by molar-refractivity contribution is 7.97. The van der Waals surface area contributed by atoms with E-state index < -0.39 is 5.82 Å². The summed E-state index contributed by atoms with van der Waals surface area (Å²) in [6.45, 7) is 5.33. The van der Waals surface area contributed by atoms with Gasteiger partial charge >= 0.3 is 0 Å². The molecule has 2 aromatic carbocycles. The van der Waals surface area contributed by atoms with Crippen molar-refractivity contribution in [3.8, 4) is 39.4 Å². The van der Waals surface area contributed by atoms with Crippen LogP contribution in [0.15, 0.2) is 83.9 Å². The second-order valence-corrected chi connectivity index (χ2v) is 11.4. The van der Waals surface area contributed by atoms with Crippen LogP contribution in [-0.2, 0) is 9.53 Å². The molecule has 1 aliphatic rings. The van der Waals surface area contributed by atoms with Crippen LogP contribution in [0.25, 0.3) is 43.7 Å². The zero-order valence-corrected chi connectivity index (χ0v) is 24.5. The Bertz CT molecular complexity index is 1760. The van der Waals surface area contributed by atoms with E-state index in [4.69, 9.17) is 19.6 Å². The summed E-state index contributed by atoms with van der Waals surface area (Å²) in [5.74, 6) is -0.0763. The minimum atomic E-state index is -0.394. The van der Waals surface area contributed by atoms with Gasteiger partial charge in [0.2, 0.25) is 5.91 Å². The molecule has 0 unspecified atom stereocenters. The fourth-order valence-corrected chi connectivity index (χ4v) is 6.29. The number of nitrogens with zero attached hydrogens (tertiary/aromatic N) is 4. The van der Waals surface area contributed by atoms with E-state index in [1.165, 1.54) is 30.2 Å². The number of hydrogen-bond acceptors (Lipinski definition) is 8. The van der Waals surface area contributed by atoms with Crippen molar-refractivity contribution in [2.75, 3.05) is 33.4 Å². The maximum atomic E-state index is 14.5. The highest BCUT2D eigenvalue weighted by atomic mass is 32.2. The molecule has 0 aliphatic carbocycles. The number of thiophene rings is 1. The molecule has 11 heteroatoms. The third kappa shape index (κ3) is 5.32. The number of methoxy groups -OCH3 is 1. The smallest absolute Gasteiger partial charge is 0.246 e. The third-order valence-electron chi connectivity index (χ3n) is 7.23. The van der Waals surface area contributed by atoms with Gasteiger partial charge in [-0.25, -0.2) is 9.37 Å². The van der Waals surface area contributed by atoms with Gasteiger partial charge in [0.25, 0.3) is 0 Å². The quantitative estimate of drug-likeness (QED) is 0.116. The molecule has 6 rings (SSSR count). The van der Waals surface area contributed by atoms with E-state index in [-0.39, 0.29) is 18.6 Å². The van der Waals surface area contributed by atoms with Crippen LogP contribution in [-0.4, -0.2) is 59.0 Å². The number of benzene rings is 2. The van der Waals surface area contributed by atoms with E-state index in [9.17, 15) is 9.18 Å². The van der Waals surface area contributed by atoms with E-state index in [1.807, 2.05) is 40.5 Å². The molecule has 4 heterocycles. The first kappa shape index (κ1) is 28.1. The number of nitrogens with two attached hydrogens (primary N) is 1. The lowest BCUT2D eigenvalue weighted by Gasteiger charge is -2.38. The number of aromatic nitrogens is 3. The summed E-state index contributed by atoms with van der Waals surface area (Å²) < 4.78 is 28.5. The van der Waals surface area contributed by atoms with Crippen LogP contribution in [0.5, 0.6) is 5.75 Å². The Kier molecular flexibility index (Phi) is 8.07. The van der Waals surface area contributed by atoms with E-state index in [0.717, 1.165) is 42.9 Å². The Morgan fingerprint density at radius 2 is 1.98 bits per heavy atom. The van der Waals surface area contributed by atoms with Crippen molar-refractivity contribution in [1.82, 2.24) is 19.7 Å². The summed E-state index contributed by atoms with van der Waals surface area (Å²) in [4.78, 5) is 19.9. The lowest BCUT2D eigenvalue weighted by molar-refractivity contribution is -0.131. The van der Waals surface area contributed by atoms with Crippen LogP contribution >= 0.6 is 23.3 Å². The Labute approximate surface area is 250 Å². The molecule has 8 nitrogen and oxygen atoms in total. The lowest BCUT2D eigenvalue weighted by Crippen LogP contribution is -2.50. The van der Waals surface area contributed by atoms with E-state index in [0.29, 0.717) is 31.1 Å². The number of carbonyl (C=O) groups is 1. The molecule has 0 radical (unpaired) electrons. The van der Waals surface area contributed by atoms with Crippen molar-refractivity contribution in [3.05, 3.63) is 84.8 Å². The molecule has 0 atom stereocenters. The second-order valence-electron chi connectivity index (χ2n) is 9.78. The first-order valence-electron chi connectivity index (χ1n) is 13.3. The fraction of sp³-hybridized carbons (Fsp3) is 0.194. The molecular weight excluding hydrogens is 574 g/mol. The zero-order chi connectivity index (χ0) is 29.2. The number of likely N-dealkylation sites (tertiary alicyclic amines) is 1. The average molecular weight is 602 g/mol. The van der Waals surface area contributed by atoms with Crippen molar-refractivity contribution >= 4 is 39.3 Å². The van der Waals surface area contributed by atoms with Gasteiger partial charge in [-0.3, -0.25) is 14.6 Å². The largest absolute Gasteiger partial charge is 0.490 e. The van der Waals surface area contributed by atoms with Gasteiger partial charge in [-0.15, -0.1) is 11.3 Å². The van der Waals surface area contributed by atoms with Gasteiger partial charge in [0, 0.05) is 69.7 Å². The lowest BCUT2D eigenvalue weighted by atomic mass is 9.96. The second kappa shape index (κ2) is 12.1. The summed E-state index contributed by atoms with van der Waals surface area (Å²) in [7, 11) is 1.59. The summed E-state index contributed by atoms with van der Waals surface area (Å²) in [5.41, 5.74) is 4.83. The molecule has 0 spiro atoms. The number of hydrogen-bond donors (Lipinski definition) is 1. The molecule has 1 aliphatic heterocycles. The molecule has 2 N–H and O–H groups in total. The van der Waals surface area contributed by atoms with E-state index in [2.05, 4.69) is 17.7 Å². The normalized spacial score (nSPS) is 13.4. The molecule has 214 valence electrons. The monoisotopic (exact) mass is 601 g/mol. The maximum Gasteiger partial charge on any atom is 0.246 e. The number of pyridine rings is 1. The zero-order valence-electron chi connectivity index (χ0n) is 22.8. The highest BCUT2D eigenvalue weighted by Gasteiger charge is 2.32. The molecule has 1 fully saturated rings. The molecule has 3 aromatic heterocycles. The maximum absolute atomic E-state index is 14.5. The summed E-state index contributed by atoms with van der Waals surface area (Å²) in [6, 6.07) is 14.6. The van der Waals surface area contributed by atoms with Crippen LogP contribution in [0.1, 0.15) is 6.04 Å². The summed E-state index contributed by atoms with van der Waals surface area (Å²) in [5, 5.41) is 13.4. The summed E-state index contributed by atoms with van der Waals surface area (Å²) in [6.07, 6.45) is 5.07. The fourth-order valence-electron chi connectivity index (χ4n) is 5.04. The SMILES string of the molecule is C=CC(=O)N1CC(n2cc(-c3nc(-c4ccc(SN)cc4)c4ccsc4c3-c3ccc(F)cc3OCCOC)cn2)C1. The van der Waals surface area contributed by atoms with Crippen molar-refractivity contribution < 1.29 is 18.7 Å². The predicted molar refractivity (Wildman–Crippen MR) is 165 cm³/mol. The Hall–Kier alpha value is -4.03. The predicted octanol–water partition coefficient (Wildman–Crippen LogP) is 6.19. The molecular formula is C31H28FN5O3S2. The molecule has 0 bridgehead atoms. The van der Waals surface area contributed by atoms with E-state index >= 15 is 0 Å². The Morgan fingerprint density at radius 3 is 2.71 bits per heavy atom. The highest BCUT2D eigenvalue weighted by Crippen LogP contribution is 2.46. The number of amides is 1. The van der Waals surface area contributed by atoms with E-state index in [1.54, 1.807) is 35.6 Å². The molecule has 1 saturated heterocycles. The molecule has 1 amide bonds. The molecule has 0 saturated carbocycles. The number of carbonyl (C=O) groups excluding carboxylic acids is 1. The first-order chi connectivity index (χ1) is 20.5.